The number of nitrogens with one attached hydrogen (secondary N) is 2. The van der Waals surface area contributed by atoms with E-state index in [9.17, 15) is 4.39 Å². The van der Waals surface area contributed by atoms with Crippen LogP contribution in [-0.4, -0.2) is 16.5 Å². The molecule has 0 aliphatic heterocycles. The maximum Gasteiger partial charge on any atom is 0.160 e. The summed E-state index contributed by atoms with van der Waals surface area (Å²) in [6.07, 6.45) is 3.93. The molecule has 18 heavy (non-hydrogen) atoms. The summed E-state index contributed by atoms with van der Waals surface area (Å²) in [5.41, 5.74) is 3.49. The SMILES string of the molecule is NNc1cncc(NCCc2ccc(F)cc2)n1. The summed E-state index contributed by atoms with van der Waals surface area (Å²) in [5, 5.41) is 3.12. The van der Waals surface area contributed by atoms with E-state index in [2.05, 4.69) is 20.7 Å². The number of halogens is 1. The smallest absolute Gasteiger partial charge is 0.160 e. The molecule has 0 aliphatic carbocycles. The third kappa shape index (κ3) is 3.39. The van der Waals surface area contributed by atoms with E-state index in [1.54, 1.807) is 18.3 Å². The fourth-order valence-corrected chi connectivity index (χ4v) is 1.51. The van der Waals surface area contributed by atoms with Crippen molar-refractivity contribution in [1.29, 1.82) is 0 Å². The first-order chi connectivity index (χ1) is 8.78. The molecule has 0 saturated carbocycles. The number of benzene rings is 1. The van der Waals surface area contributed by atoms with Crippen LogP contribution < -0.4 is 16.6 Å². The normalized spacial score (nSPS) is 10.1. The maximum atomic E-state index is 12.7. The molecule has 1 aromatic heterocycles. The summed E-state index contributed by atoms with van der Waals surface area (Å²) in [5.74, 6) is 6.16. The lowest BCUT2D eigenvalue weighted by molar-refractivity contribution is 0.627. The molecule has 5 nitrogen and oxygen atoms in total. The summed E-state index contributed by atoms with van der Waals surface area (Å²) in [6, 6.07) is 6.43. The van der Waals surface area contributed by atoms with Gasteiger partial charge in [-0.25, -0.2) is 15.2 Å². The molecular weight excluding hydrogens is 233 g/mol. The Morgan fingerprint density at radius 3 is 2.56 bits per heavy atom. The highest BCUT2D eigenvalue weighted by Gasteiger charge is 1.98. The number of rotatable bonds is 5. The summed E-state index contributed by atoms with van der Waals surface area (Å²) in [7, 11) is 0. The summed E-state index contributed by atoms with van der Waals surface area (Å²) in [4.78, 5) is 8.14. The van der Waals surface area contributed by atoms with E-state index >= 15 is 0 Å². The van der Waals surface area contributed by atoms with Crippen molar-refractivity contribution in [3.05, 3.63) is 48.0 Å². The first-order valence-electron chi connectivity index (χ1n) is 5.55. The zero-order valence-corrected chi connectivity index (χ0v) is 9.73. The number of hydrogen-bond acceptors (Lipinski definition) is 5. The van der Waals surface area contributed by atoms with E-state index in [0.29, 0.717) is 18.2 Å². The van der Waals surface area contributed by atoms with Crippen LogP contribution in [0.15, 0.2) is 36.7 Å². The molecule has 0 fully saturated rings. The van der Waals surface area contributed by atoms with Crippen molar-refractivity contribution in [3.8, 4) is 0 Å². The second-order valence-corrected chi connectivity index (χ2v) is 3.74. The standard InChI is InChI=1S/C12H14FN5/c13-10-3-1-9(2-4-10)5-6-16-11-7-15-8-12(17-11)18-14/h1-4,7-8H,5-6,14H2,(H2,16,17,18). The minimum absolute atomic E-state index is 0.223. The zero-order chi connectivity index (χ0) is 12.8. The molecule has 1 heterocycles. The Morgan fingerprint density at radius 1 is 1.11 bits per heavy atom. The number of nitrogens with zero attached hydrogens (tertiary/aromatic N) is 2. The monoisotopic (exact) mass is 247 g/mol. The number of anilines is 2. The van der Waals surface area contributed by atoms with Crippen LogP contribution in [0.5, 0.6) is 0 Å². The molecule has 1 aromatic carbocycles. The molecule has 6 heteroatoms. The van der Waals surface area contributed by atoms with Crippen molar-refractivity contribution in [1.82, 2.24) is 9.97 Å². The molecule has 4 N–H and O–H groups in total. The maximum absolute atomic E-state index is 12.7. The van der Waals surface area contributed by atoms with Crippen molar-refractivity contribution in [2.45, 2.75) is 6.42 Å². The van der Waals surface area contributed by atoms with Gasteiger partial charge in [0.2, 0.25) is 0 Å². The van der Waals surface area contributed by atoms with E-state index in [1.807, 2.05) is 0 Å². The molecular formula is C12H14FN5. The molecule has 0 spiro atoms. The fraction of sp³-hybridized carbons (Fsp3) is 0.167. The Kier molecular flexibility index (Phi) is 4.03. The molecule has 0 unspecified atom stereocenters. The zero-order valence-electron chi connectivity index (χ0n) is 9.73. The minimum Gasteiger partial charge on any atom is -0.368 e. The number of nitrogens with two attached hydrogens (primary N) is 1. The van der Waals surface area contributed by atoms with Crippen molar-refractivity contribution in [2.75, 3.05) is 17.3 Å². The van der Waals surface area contributed by atoms with Gasteiger partial charge in [0.05, 0.1) is 12.4 Å². The minimum atomic E-state index is -0.223. The number of aromatic nitrogens is 2. The van der Waals surface area contributed by atoms with Gasteiger partial charge in [0.15, 0.2) is 5.82 Å². The third-order valence-electron chi connectivity index (χ3n) is 2.42. The van der Waals surface area contributed by atoms with Gasteiger partial charge >= 0.3 is 0 Å². The quantitative estimate of drug-likeness (QED) is 0.552. The van der Waals surface area contributed by atoms with E-state index < -0.39 is 0 Å². The Labute approximate surface area is 104 Å². The molecule has 0 saturated heterocycles. The van der Waals surface area contributed by atoms with Gasteiger partial charge in [0, 0.05) is 6.54 Å². The van der Waals surface area contributed by atoms with Crippen LogP contribution in [0.25, 0.3) is 0 Å². The van der Waals surface area contributed by atoms with Gasteiger partial charge in [0.1, 0.15) is 11.6 Å². The van der Waals surface area contributed by atoms with Gasteiger partial charge in [-0.2, -0.15) is 0 Å². The van der Waals surface area contributed by atoms with Crippen molar-refractivity contribution in [2.24, 2.45) is 5.84 Å². The van der Waals surface area contributed by atoms with Gasteiger partial charge in [-0.1, -0.05) is 12.1 Å². The number of hydrazine groups is 1. The van der Waals surface area contributed by atoms with Gasteiger partial charge in [-0.3, -0.25) is 4.98 Å². The average Bonchev–Trinajstić information content (AvgIpc) is 2.41. The Bertz CT molecular complexity index is 500. The lowest BCUT2D eigenvalue weighted by atomic mass is 10.1. The second kappa shape index (κ2) is 5.92. The summed E-state index contributed by atoms with van der Waals surface area (Å²) in [6.45, 7) is 0.689. The van der Waals surface area contributed by atoms with Gasteiger partial charge in [-0.05, 0) is 24.1 Å². The van der Waals surface area contributed by atoms with Crippen LogP contribution in [-0.2, 0) is 6.42 Å². The first kappa shape index (κ1) is 12.3. The predicted octanol–water partition coefficient (Wildman–Crippen LogP) is 1.56. The Morgan fingerprint density at radius 2 is 1.83 bits per heavy atom. The van der Waals surface area contributed by atoms with Gasteiger partial charge in [-0.15, -0.1) is 0 Å². The predicted molar refractivity (Wildman–Crippen MR) is 68.4 cm³/mol. The highest BCUT2D eigenvalue weighted by atomic mass is 19.1. The second-order valence-electron chi connectivity index (χ2n) is 3.74. The largest absolute Gasteiger partial charge is 0.368 e. The Balaban J connectivity index is 1.86. The third-order valence-corrected chi connectivity index (χ3v) is 2.42. The first-order valence-corrected chi connectivity index (χ1v) is 5.55. The lowest BCUT2D eigenvalue weighted by Gasteiger charge is -2.06. The van der Waals surface area contributed by atoms with E-state index in [1.165, 1.54) is 18.3 Å². The topological polar surface area (TPSA) is 75.9 Å². The van der Waals surface area contributed by atoms with Gasteiger partial charge < -0.3 is 10.7 Å². The molecule has 0 aliphatic rings. The van der Waals surface area contributed by atoms with Crippen LogP contribution in [0.4, 0.5) is 16.0 Å². The van der Waals surface area contributed by atoms with Crippen LogP contribution in [0.3, 0.4) is 0 Å². The molecule has 0 bridgehead atoms. The Hall–Kier alpha value is -2.21. The molecule has 94 valence electrons. The number of hydrogen-bond donors (Lipinski definition) is 3. The average molecular weight is 247 g/mol. The number of nitrogen functional groups attached to an aromatic ring is 1. The van der Waals surface area contributed by atoms with Gasteiger partial charge in [0.25, 0.3) is 0 Å². The van der Waals surface area contributed by atoms with E-state index in [-0.39, 0.29) is 5.82 Å². The fourth-order valence-electron chi connectivity index (χ4n) is 1.51. The van der Waals surface area contributed by atoms with E-state index in [4.69, 9.17) is 5.84 Å². The molecule has 0 amide bonds. The highest BCUT2D eigenvalue weighted by molar-refractivity contribution is 5.40. The molecule has 2 rings (SSSR count). The van der Waals surface area contributed by atoms with Crippen LogP contribution in [0.1, 0.15) is 5.56 Å². The van der Waals surface area contributed by atoms with E-state index in [0.717, 1.165) is 12.0 Å². The van der Waals surface area contributed by atoms with Crippen LogP contribution >= 0.6 is 0 Å². The summed E-state index contributed by atoms with van der Waals surface area (Å²) < 4.78 is 12.7. The van der Waals surface area contributed by atoms with Crippen LogP contribution in [0, 0.1) is 5.82 Å². The van der Waals surface area contributed by atoms with Crippen molar-refractivity contribution >= 4 is 11.6 Å². The molecule has 2 aromatic rings. The summed E-state index contributed by atoms with van der Waals surface area (Å²) >= 11 is 0. The van der Waals surface area contributed by atoms with Crippen molar-refractivity contribution in [3.63, 3.8) is 0 Å². The molecule has 0 atom stereocenters. The lowest BCUT2D eigenvalue weighted by Crippen LogP contribution is -2.11. The van der Waals surface area contributed by atoms with Crippen molar-refractivity contribution < 1.29 is 4.39 Å². The highest BCUT2D eigenvalue weighted by Crippen LogP contribution is 2.07. The van der Waals surface area contributed by atoms with Crippen LogP contribution in [0.2, 0.25) is 0 Å². The molecule has 0 radical (unpaired) electrons.